The van der Waals surface area contributed by atoms with E-state index in [4.69, 9.17) is 14.2 Å². The van der Waals surface area contributed by atoms with Crippen molar-refractivity contribution < 1.29 is 23.8 Å². The van der Waals surface area contributed by atoms with Crippen molar-refractivity contribution in [1.82, 2.24) is 24.3 Å². The zero-order valence-electron chi connectivity index (χ0n) is 16.3. The van der Waals surface area contributed by atoms with E-state index in [-0.39, 0.29) is 6.61 Å². The van der Waals surface area contributed by atoms with Crippen LogP contribution >= 0.6 is 11.8 Å². The Hall–Kier alpha value is -2.73. The maximum Gasteiger partial charge on any atom is 0.351 e. The number of nitrogens with zero attached hydrogens (tertiary/aromatic N) is 5. The van der Waals surface area contributed by atoms with Crippen LogP contribution in [0.3, 0.4) is 0 Å². The molecule has 3 rings (SSSR count). The second-order valence-electron chi connectivity index (χ2n) is 6.42. The molecule has 12 heteroatoms. The van der Waals surface area contributed by atoms with Crippen molar-refractivity contribution in [2.24, 2.45) is 0 Å². The summed E-state index contributed by atoms with van der Waals surface area (Å²) in [5, 5.41) is 3.59. The fourth-order valence-corrected chi connectivity index (χ4v) is 4.07. The normalized spacial score (nSPS) is 23.7. The number of thioether (sulfide) groups is 1. The van der Waals surface area contributed by atoms with Crippen LogP contribution in [0.2, 0.25) is 0 Å². The third-order valence-corrected chi connectivity index (χ3v) is 5.37. The molecule has 3 heterocycles. The van der Waals surface area contributed by atoms with Crippen LogP contribution in [-0.2, 0) is 23.8 Å². The Morgan fingerprint density at radius 3 is 2.66 bits per heavy atom. The smallest absolute Gasteiger partial charge is 0.351 e. The number of ether oxygens (including phenoxy) is 3. The molecule has 0 amide bonds. The van der Waals surface area contributed by atoms with Gasteiger partial charge in [-0.3, -0.25) is 14.2 Å². The summed E-state index contributed by atoms with van der Waals surface area (Å²) < 4.78 is 19.2. The Labute approximate surface area is 170 Å². The van der Waals surface area contributed by atoms with Gasteiger partial charge in [0.15, 0.2) is 12.0 Å². The van der Waals surface area contributed by atoms with Gasteiger partial charge >= 0.3 is 17.6 Å². The fourth-order valence-electron chi connectivity index (χ4n) is 3.14. The number of carbonyl (C=O) groups is 2. The Morgan fingerprint density at radius 1 is 1.31 bits per heavy atom. The van der Waals surface area contributed by atoms with Crippen LogP contribution < -0.4 is 5.69 Å². The lowest BCUT2D eigenvalue weighted by molar-refractivity contribution is -0.155. The topological polar surface area (TPSA) is 127 Å². The summed E-state index contributed by atoms with van der Waals surface area (Å²) in [7, 11) is 0. The van der Waals surface area contributed by atoms with Gasteiger partial charge in [0.25, 0.3) is 0 Å². The summed E-state index contributed by atoms with van der Waals surface area (Å²) in [5.41, 5.74) is 0.117. The third-order valence-electron chi connectivity index (χ3n) is 4.33. The fraction of sp³-hybridized carbons (Fsp3) is 0.529. The van der Waals surface area contributed by atoms with E-state index < -0.39 is 41.3 Å². The van der Waals surface area contributed by atoms with Gasteiger partial charge in [-0.15, -0.1) is 0 Å². The van der Waals surface area contributed by atoms with Crippen LogP contribution in [-0.4, -0.2) is 66.6 Å². The second kappa shape index (κ2) is 8.74. The highest BCUT2D eigenvalue weighted by Gasteiger charge is 2.48. The Balaban J connectivity index is 1.96. The molecule has 2 aromatic heterocycles. The minimum Gasteiger partial charge on any atom is -0.463 e. The first kappa shape index (κ1) is 21.0. The Kier molecular flexibility index (Phi) is 6.33. The van der Waals surface area contributed by atoms with Gasteiger partial charge in [0.1, 0.15) is 31.5 Å². The van der Waals surface area contributed by atoms with Gasteiger partial charge in [0.05, 0.1) is 5.25 Å². The van der Waals surface area contributed by atoms with Crippen LogP contribution in [0.15, 0.2) is 23.6 Å². The molecule has 0 radical (unpaired) electrons. The number of carbonyl (C=O) groups excluding carboxylic acids is 2. The molecular weight excluding hydrogens is 402 g/mol. The zero-order valence-corrected chi connectivity index (χ0v) is 17.2. The molecule has 1 fully saturated rings. The van der Waals surface area contributed by atoms with Gasteiger partial charge in [-0.25, -0.2) is 14.5 Å². The minimum absolute atomic E-state index is 0.0982. The molecule has 2 aromatic rings. The lowest BCUT2D eigenvalue weighted by Gasteiger charge is -2.23. The lowest BCUT2D eigenvalue weighted by atomic mass is 10.1. The SMILES string of the molecule is CS[C@@H]1[C@H](OC(C)=O)[C@@H](COC(C)=O)O[C@H]1n1cc(C)c(-n2cncn2)nc1=O. The van der Waals surface area contributed by atoms with Crippen LogP contribution in [0.5, 0.6) is 0 Å². The van der Waals surface area contributed by atoms with Crippen LogP contribution in [0.25, 0.3) is 5.82 Å². The first-order valence-electron chi connectivity index (χ1n) is 8.75. The van der Waals surface area contributed by atoms with Crippen molar-refractivity contribution in [2.75, 3.05) is 12.9 Å². The summed E-state index contributed by atoms with van der Waals surface area (Å²) in [6.07, 6.45) is 4.04. The molecule has 11 nitrogen and oxygen atoms in total. The first-order valence-corrected chi connectivity index (χ1v) is 10.0. The summed E-state index contributed by atoms with van der Waals surface area (Å²) in [6.45, 7) is 4.25. The summed E-state index contributed by atoms with van der Waals surface area (Å²) in [6, 6.07) is 0. The number of aromatic nitrogens is 5. The largest absolute Gasteiger partial charge is 0.463 e. The highest BCUT2D eigenvalue weighted by Crippen LogP contribution is 2.38. The van der Waals surface area contributed by atoms with Crippen molar-refractivity contribution in [1.29, 1.82) is 0 Å². The van der Waals surface area contributed by atoms with E-state index in [0.29, 0.717) is 11.4 Å². The molecule has 0 saturated carbocycles. The highest BCUT2D eigenvalue weighted by atomic mass is 32.2. The molecule has 29 heavy (non-hydrogen) atoms. The molecule has 156 valence electrons. The van der Waals surface area contributed by atoms with Crippen molar-refractivity contribution in [3.05, 3.63) is 34.9 Å². The quantitative estimate of drug-likeness (QED) is 0.597. The minimum atomic E-state index is -0.765. The number of esters is 2. The van der Waals surface area contributed by atoms with E-state index in [1.165, 1.54) is 47.5 Å². The van der Waals surface area contributed by atoms with Crippen molar-refractivity contribution >= 4 is 23.7 Å². The van der Waals surface area contributed by atoms with E-state index in [0.717, 1.165) is 0 Å². The highest BCUT2D eigenvalue weighted by molar-refractivity contribution is 7.99. The number of rotatable bonds is 6. The molecule has 0 spiro atoms. The zero-order chi connectivity index (χ0) is 21.1. The van der Waals surface area contributed by atoms with Gasteiger partial charge in [0.2, 0.25) is 0 Å². The van der Waals surface area contributed by atoms with Gasteiger partial charge in [-0.05, 0) is 13.2 Å². The maximum absolute atomic E-state index is 12.7. The van der Waals surface area contributed by atoms with E-state index in [1.807, 2.05) is 6.26 Å². The second-order valence-corrected chi connectivity index (χ2v) is 7.44. The number of hydrogen-bond acceptors (Lipinski definition) is 10. The summed E-state index contributed by atoms with van der Waals surface area (Å²) >= 11 is 1.38. The third kappa shape index (κ3) is 4.48. The Morgan fingerprint density at radius 2 is 2.07 bits per heavy atom. The lowest BCUT2D eigenvalue weighted by Crippen LogP contribution is -2.38. The van der Waals surface area contributed by atoms with Crippen LogP contribution in [0, 0.1) is 6.92 Å². The van der Waals surface area contributed by atoms with Gasteiger partial charge in [-0.2, -0.15) is 21.8 Å². The number of hydrogen-bond donors (Lipinski definition) is 0. The Bertz CT molecular complexity index is 946. The average molecular weight is 423 g/mol. The average Bonchev–Trinajstić information content (AvgIpc) is 3.29. The maximum atomic E-state index is 12.7. The summed E-state index contributed by atoms with van der Waals surface area (Å²) in [5.74, 6) is -0.615. The molecule has 1 aliphatic rings. The molecule has 0 aromatic carbocycles. The van der Waals surface area contributed by atoms with Gasteiger partial charge in [-0.1, -0.05) is 0 Å². The molecule has 0 aliphatic carbocycles. The van der Waals surface area contributed by atoms with Gasteiger partial charge in [0, 0.05) is 25.6 Å². The molecule has 1 aliphatic heterocycles. The van der Waals surface area contributed by atoms with E-state index in [9.17, 15) is 14.4 Å². The monoisotopic (exact) mass is 423 g/mol. The van der Waals surface area contributed by atoms with Gasteiger partial charge < -0.3 is 14.2 Å². The van der Waals surface area contributed by atoms with E-state index in [1.54, 1.807) is 13.1 Å². The first-order chi connectivity index (χ1) is 13.8. The van der Waals surface area contributed by atoms with Crippen LogP contribution in [0.4, 0.5) is 0 Å². The van der Waals surface area contributed by atoms with Crippen molar-refractivity contribution in [3.8, 4) is 5.82 Å². The number of aryl methyl sites for hydroxylation is 1. The molecule has 1 saturated heterocycles. The molecular formula is C17H21N5O6S. The van der Waals surface area contributed by atoms with Crippen molar-refractivity contribution in [2.45, 2.75) is 44.5 Å². The molecule has 0 N–H and O–H groups in total. The van der Waals surface area contributed by atoms with E-state index >= 15 is 0 Å². The molecule has 0 unspecified atom stereocenters. The predicted octanol–water partition coefficient (Wildman–Crippen LogP) is 0.256. The molecule has 4 atom stereocenters. The van der Waals surface area contributed by atoms with E-state index in [2.05, 4.69) is 15.1 Å². The molecule has 0 bridgehead atoms. The predicted molar refractivity (Wildman–Crippen MR) is 102 cm³/mol. The van der Waals surface area contributed by atoms with Crippen molar-refractivity contribution in [3.63, 3.8) is 0 Å². The standard InChI is InChI=1S/C17H21N5O6S/c1-9-5-21(17(25)20-15(9)22-8-18-7-19-22)16-14(29-4)13(27-11(3)24)12(28-16)6-26-10(2)23/h5,7-8,12-14,16H,6H2,1-4H3/t12-,13-,14-,16-/m1/s1. The summed E-state index contributed by atoms with van der Waals surface area (Å²) in [4.78, 5) is 43.5. The van der Waals surface area contributed by atoms with Crippen LogP contribution in [0.1, 0.15) is 25.6 Å².